The number of amides is 2. The van der Waals surface area contributed by atoms with Gasteiger partial charge in [-0.3, -0.25) is 4.79 Å². The lowest BCUT2D eigenvalue weighted by atomic mass is 9.83. The van der Waals surface area contributed by atoms with E-state index in [1.54, 1.807) is 9.80 Å². The van der Waals surface area contributed by atoms with Crippen molar-refractivity contribution >= 4 is 18.0 Å². The van der Waals surface area contributed by atoms with E-state index in [0.29, 0.717) is 0 Å². The zero-order valence-electron chi connectivity index (χ0n) is 16.0. The standard InChI is InChI=1S/C20H26N2O5/c1-20(2,3)27-19(25)22-11-15-9-21(10-16(12-22)17(15)23)18(24)26-13-14-7-5-4-6-8-14/h4-8,15-16H,9-13H2,1-3H3. The molecular formula is C20H26N2O5. The number of rotatable bonds is 2. The summed E-state index contributed by atoms with van der Waals surface area (Å²) in [5.41, 5.74) is 0.330. The van der Waals surface area contributed by atoms with Crippen LogP contribution in [0.1, 0.15) is 26.3 Å². The largest absolute Gasteiger partial charge is 0.445 e. The number of carbonyl (C=O) groups is 3. The van der Waals surface area contributed by atoms with Crippen molar-refractivity contribution in [1.29, 1.82) is 0 Å². The van der Waals surface area contributed by atoms with E-state index < -0.39 is 29.6 Å². The SMILES string of the molecule is CC(C)(C)OC(=O)N1CC2CN(C(=O)OCc3ccccc3)CC(C1)C2=O. The summed E-state index contributed by atoms with van der Waals surface area (Å²) in [7, 11) is 0. The normalized spacial score (nSPS) is 22.4. The summed E-state index contributed by atoms with van der Waals surface area (Å²) in [6.07, 6.45) is -0.836. The van der Waals surface area contributed by atoms with Gasteiger partial charge in [-0.1, -0.05) is 30.3 Å². The number of carbonyl (C=O) groups excluding carboxylic acids is 3. The molecule has 2 atom stereocenters. The second-order valence-electron chi connectivity index (χ2n) is 8.13. The van der Waals surface area contributed by atoms with Crippen molar-refractivity contribution in [2.45, 2.75) is 33.0 Å². The van der Waals surface area contributed by atoms with Crippen molar-refractivity contribution in [3.05, 3.63) is 35.9 Å². The maximum atomic E-state index is 12.5. The van der Waals surface area contributed by atoms with Crippen LogP contribution in [0, 0.1) is 11.8 Å². The van der Waals surface area contributed by atoms with Crippen molar-refractivity contribution in [1.82, 2.24) is 9.80 Å². The average Bonchev–Trinajstić information content (AvgIpc) is 2.58. The molecule has 2 fully saturated rings. The molecule has 2 unspecified atom stereocenters. The van der Waals surface area contributed by atoms with Crippen molar-refractivity contribution in [2.75, 3.05) is 26.2 Å². The van der Waals surface area contributed by atoms with Crippen LogP contribution >= 0.6 is 0 Å². The zero-order chi connectivity index (χ0) is 19.6. The molecule has 1 aromatic rings. The highest BCUT2D eigenvalue weighted by molar-refractivity contribution is 5.88. The summed E-state index contributed by atoms with van der Waals surface area (Å²) in [6, 6.07) is 9.46. The molecule has 2 aliphatic rings. The number of benzene rings is 1. The molecule has 27 heavy (non-hydrogen) atoms. The van der Waals surface area contributed by atoms with E-state index in [9.17, 15) is 14.4 Å². The summed E-state index contributed by atoms with van der Waals surface area (Å²) < 4.78 is 10.8. The van der Waals surface area contributed by atoms with Crippen molar-refractivity contribution in [3.63, 3.8) is 0 Å². The Labute approximate surface area is 159 Å². The maximum Gasteiger partial charge on any atom is 0.410 e. The third-order valence-electron chi connectivity index (χ3n) is 4.68. The van der Waals surface area contributed by atoms with E-state index in [1.165, 1.54) is 0 Å². The molecule has 0 saturated carbocycles. The monoisotopic (exact) mass is 374 g/mol. The molecule has 7 heteroatoms. The molecule has 146 valence electrons. The van der Waals surface area contributed by atoms with Crippen LogP contribution in [0.3, 0.4) is 0 Å². The van der Waals surface area contributed by atoms with Crippen molar-refractivity contribution in [3.8, 4) is 0 Å². The minimum atomic E-state index is -0.582. The predicted molar refractivity (Wildman–Crippen MR) is 98.0 cm³/mol. The molecule has 2 aliphatic heterocycles. The van der Waals surface area contributed by atoms with Crippen LogP contribution in [0.5, 0.6) is 0 Å². The highest BCUT2D eigenvalue weighted by atomic mass is 16.6. The quantitative estimate of drug-likeness (QED) is 0.795. The molecule has 0 aliphatic carbocycles. The Bertz CT molecular complexity index is 695. The molecule has 3 rings (SSSR count). The number of likely N-dealkylation sites (tertiary alicyclic amines) is 2. The van der Waals surface area contributed by atoms with E-state index in [1.807, 2.05) is 51.1 Å². The average molecular weight is 374 g/mol. The number of ether oxygens (including phenoxy) is 2. The Balaban J connectivity index is 1.57. The number of hydrogen-bond acceptors (Lipinski definition) is 5. The van der Waals surface area contributed by atoms with Crippen LogP contribution in [0.2, 0.25) is 0 Å². The summed E-state index contributed by atoms with van der Waals surface area (Å²) in [4.78, 5) is 40.3. The molecule has 2 amide bonds. The van der Waals surface area contributed by atoms with Gasteiger partial charge in [0, 0.05) is 26.2 Å². The van der Waals surface area contributed by atoms with Crippen LogP contribution in [0.4, 0.5) is 9.59 Å². The van der Waals surface area contributed by atoms with Crippen LogP contribution < -0.4 is 0 Å². The second kappa shape index (κ2) is 7.58. The summed E-state index contributed by atoms with van der Waals surface area (Å²) in [5, 5.41) is 0. The van der Waals surface area contributed by atoms with Crippen molar-refractivity contribution < 1.29 is 23.9 Å². The second-order valence-corrected chi connectivity index (χ2v) is 8.13. The van der Waals surface area contributed by atoms with Gasteiger partial charge < -0.3 is 19.3 Å². The molecule has 2 heterocycles. The Hall–Kier alpha value is -2.57. The summed E-state index contributed by atoms with van der Waals surface area (Å²) in [5.74, 6) is -0.675. The number of hydrogen-bond donors (Lipinski definition) is 0. The van der Waals surface area contributed by atoms with Crippen LogP contribution in [0.15, 0.2) is 30.3 Å². The minimum Gasteiger partial charge on any atom is -0.445 e. The molecule has 0 N–H and O–H groups in total. The first-order chi connectivity index (χ1) is 12.7. The lowest BCUT2D eigenvalue weighted by molar-refractivity contribution is -0.136. The van der Waals surface area contributed by atoms with Gasteiger partial charge in [0.25, 0.3) is 0 Å². The lowest BCUT2D eigenvalue weighted by Gasteiger charge is -2.44. The topological polar surface area (TPSA) is 76.2 Å². The smallest absolute Gasteiger partial charge is 0.410 e. The maximum absolute atomic E-state index is 12.5. The molecule has 1 aromatic carbocycles. The third-order valence-corrected chi connectivity index (χ3v) is 4.68. The molecule has 2 bridgehead atoms. The van der Waals surface area contributed by atoms with Gasteiger partial charge in [0.1, 0.15) is 18.0 Å². The van der Waals surface area contributed by atoms with Crippen molar-refractivity contribution in [2.24, 2.45) is 11.8 Å². The van der Waals surface area contributed by atoms with E-state index in [-0.39, 0.29) is 38.6 Å². The van der Waals surface area contributed by atoms with Gasteiger partial charge in [-0.05, 0) is 26.3 Å². The van der Waals surface area contributed by atoms with Crippen LogP contribution in [-0.2, 0) is 20.9 Å². The lowest BCUT2D eigenvalue weighted by Crippen LogP contribution is -2.60. The Morgan fingerprint density at radius 2 is 1.48 bits per heavy atom. The van der Waals surface area contributed by atoms with Crippen LogP contribution in [-0.4, -0.2) is 59.5 Å². The number of ketones is 1. The summed E-state index contributed by atoms with van der Waals surface area (Å²) in [6.45, 7) is 6.70. The van der Waals surface area contributed by atoms with Crippen LogP contribution in [0.25, 0.3) is 0 Å². The molecule has 0 aromatic heterocycles. The van der Waals surface area contributed by atoms with E-state index in [4.69, 9.17) is 9.47 Å². The fraction of sp³-hybridized carbons (Fsp3) is 0.550. The first-order valence-electron chi connectivity index (χ1n) is 9.20. The fourth-order valence-electron chi connectivity index (χ4n) is 3.46. The van der Waals surface area contributed by atoms with Gasteiger partial charge in [0.15, 0.2) is 0 Å². The Morgan fingerprint density at radius 1 is 0.963 bits per heavy atom. The number of nitrogens with zero attached hydrogens (tertiary/aromatic N) is 2. The van der Waals surface area contributed by atoms with Gasteiger partial charge in [-0.2, -0.15) is 0 Å². The zero-order valence-corrected chi connectivity index (χ0v) is 16.0. The van der Waals surface area contributed by atoms with Gasteiger partial charge in [0.05, 0.1) is 11.8 Å². The predicted octanol–water partition coefficient (Wildman–Crippen LogP) is 2.69. The van der Waals surface area contributed by atoms with Gasteiger partial charge in [0.2, 0.25) is 0 Å². The Kier molecular flexibility index (Phi) is 5.39. The number of Topliss-reactive ketones (excluding diaryl/α,β-unsaturated/α-hetero) is 1. The molecular weight excluding hydrogens is 348 g/mol. The number of piperidine rings is 2. The first-order valence-corrected chi connectivity index (χ1v) is 9.20. The molecule has 0 spiro atoms. The number of fused-ring (bicyclic) bond motifs is 2. The minimum absolute atomic E-state index is 0.113. The summed E-state index contributed by atoms with van der Waals surface area (Å²) >= 11 is 0. The highest BCUT2D eigenvalue weighted by Gasteiger charge is 2.44. The highest BCUT2D eigenvalue weighted by Crippen LogP contribution is 2.27. The van der Waals surface area contributed by atoms with E-state index in [2.05, 4.69) is 0 Å². The molecule has 0 radical (unpaired) electrons. The van der Waals surface area contributed by atoms with Gasteiger partial charge in [-0.15, -0.1) is 0 Å². The van der Waals surface area contributed by atoms with Gasteiger partial charge >= 0.3 is 12.2 Å². The molecule has 2 saturated heterocycles. The van der Waals surface area contributed by atoms with Gasteiger partial charge in [-0.25, -0.2) is 9.59 Å². The Morgan fingerprint density at radius 3 is 2.00 bits per heavy atom. The third kappa shape index (κ3) is 4.78. The van der Waals surface area contributed by atoms with E-state index >= 15 is 0 Å². The fourth-order valence-corrected chi connectivity index (χ4v) is 3.46. The van der Waals surface area contributed by atoms with E-state index in [0.717, 1.165) is 5.56 Å². The molecule has 7 nitrogen and oxygen atoms in total. The first kappa shape index (κ1) is 19.2.